The number of halogens is 3. The van der Waals surface area contributed by atoms with Gasteiger partial charge in [0, 0.05) is 17.6 Å². The molecule has 150 valence electrons. The summed E-state index contributed by atoms with van der Waals surface area (Å²) in [7, 11) is -1.97. The van der Waals surface area contributed by atoms with Crippen molar-refractivity contribution in [2.45, 2.75) is 17.6 Å². The molecule has 9 heteroatoms. The highest BCUT2D eigenvalue weighted by molar-refractivity contribution is 6.87. The van der Waals surface area contributed by atoms with Crippen LogP contribution in [0.4, 0.5) is 0 Å². The minimum absolute atomic E-state index is 0.353. The highest BCUT2D eigenvalue weighted by Crippen LogP contribution is 2.16. The molecule has 0 saturated carbocycles. The topological polar surface area (TPSA) is 27.7 Å². The molecule has 3 aromatic carbocycles. The Balaban J connectivity index is 1.76. The predicted octanol–water partition coefficient (Wildman–Crippen LogP) is 3.45. The first kappa shape index (κ1) is 21.8. The van der Waals surface area contributed by atoms with Gasteiger partial charge in [0.05, 0.1) is 0 Å². The fraction of sp³-hybridized carbons (Fsp3) is 0.143. The van der Waals surface area contributed by atoms with E-state index in [4.69, 9.17) is 48.5 Å². The zero-order valence-corrected chi connectivity index (χ0v) is 18.4. The molecule has 3 aromatic rings. The maximum Gasteiger partial charge on any atom is 0.467 e. The molecule has 0 unspecified atom stereocenters. The maximum absolute atomic E-state index is 6.27. The third-order valence-electron chi connectivity index (χ3n) is 5.10. The summed E-state index contributed by atoms with van der Waals surface area (Å²) in [5.74, 6) is 1.06. The van der Waals surface area contributed by atoms with Gasteiger partial charge >= 0.3 is 21.4 Å². The van der Waals surface area contributed by atoms with E-state index in [9.17, 15) is 0 Å². The van der Waals surface area contributed by atoms with Crippen molar-refractivity contribution in [1.29, 1.82) is 0 Å². The normalized spacial score (nSPS) is 14.3. The quantitative estimate of drug-likeness (QED) is 0.420. The first-order valence-electron chi connectivity index (χ1n) is 9.62. The molecule has 4 rings (SSSR count). The Morgan fingerprint density at radius 1 is 0.467 bits per heavy atom. The van der Waals surface area contributed by atoms with E-state index in [0.29, 0.717) is 17.6 Å². The van der Waals surface area contributed by atoms with E-state index in [1.165, 1.54) is 0 Å². The molecule has 30 heavy (non-hydrogen) atoms. The molecule has 0 radical (unpaired) electrons. The summed E-state index contributed by atoms with van der Waals surface area (Å²) in [5, 5.41) is 0. The Labute approximate surface area is 193 Å². The van der Waals surface area contributed by atoms with Gasteiger partial charge in [-0.05, 0) is 33.1 Å². The van der Waals surface area contributed by atoms with Crippen LogP contribution >= 0.6 is 34.8 Å². The van der Waals surface area contributed by atoms with Crippen molar-refractivity contribution >= 4 is 72.5 Å². The van der Waals surface area contributed by atoms with Gasteiger partial charge in [-0.1, -0.05) is 72.8 Å². The Morgan fingerprint density at radius 2 is 0.733 bits per heavy atom. The maximum atomic E-state index is 6.27. The molecule has 1 saturated heterocycles. The van der Waals surface area contributed by atoms with Crippen molar-refractivity contribution in [3.05, 3.63) is 89.5 Å². The number of rotatable bonds is 6. The summed E-state index contributed by atoms with van der Waals surface area (Å²) in [6, 6.07) is 23.4. The van der Waals surface area contributed by atoms with Crippen molar-refractivity contribution in [3.63, 3.8) is 0 Å². The molecule has 0 atom stereocenters. The van der Waals surface area contributed by atoms with Gasteiger partial charge in [0.15, 0.2) is 0 Å². The molecule has 0 aliphatic carbocycles. The van der Waals surface area contributed by atoms with Crippen LogP contribution in [-0.4, -0.2) is 21.4 Å². The second-order valence-electron chi connectivity index (χ2n) is 6.90. The van der Waals surface area contributed by atoms with E-state index in [0.717, 1.165) is 33.1 Å². The highest BCUT2D eigenvalue weighted by atomic mass is 35.5. The van der Waals surface area contributed by atoms with Gasteiger partial charge in [0.1, 0.15) is 0 Å². The van der Waals surface area contributed by atoms with E-state index >= 15 is 0 Å². The van der Waals surface area contributed by atoms with Gasteiger partial charge in [0.25, 0.3) is 0 Å². The summed E-state index contributed by atoms with van der Waals surface area (Å²) in [5.41, 5.74) is 5.45. The lowest BCUT2D eigenvalue weighted by Gasteiger charge is -2.33. The Morgan fingerprint density at radius 3 is 1.00 bits per heavy atom. The average molecular weight is 457 g/mol. The first-order valence-corrected chi connectivity index (χ1v) is 11.2. The monoisotopic (exact) mass is 456 g/mol. The molecule has 1 heterocycles. The van der Waals surface area contributed by atoms with Crippen LogP contribution in [0.5, 0.6) is 0 Å². The molecule has 1 aliphatic heterocycles. The van der Waals surface area contributed by atoms with Crippen LogP contribution < -0.4 is 16.4 Å². The van der Waals surface area contributed by atoms with Crippen molar-refractivity contribution in [3.8, 4) is 0 Å². The summed E-state index contributed by atoms with van der Waals surface area (Å²) in [6.45, 7) is 0. The van der Waals surface area contributed by atoms with Crippen LogP contribution in [-0.2, 0) is 31.4 Å². The van der Waals surface area contributed by atoms with E-state index < -0.39 is 21.4 Å². The number of benzene rings is 3. The van der Waals surface area contributed by atoms with Gasteiger partial charge in [-0.2, -0.15) is 0 Å². The van der Waals surface area contributed by atoms with Gasteiger partial charge in [-0.3, -0.25) is 0 Å². The fourth-order valence-electron chi connectivity index (χ4n) is 3.53. The largest absolute Gasteiger partial charge is 0.467 e. The molecule has 0 aromatic heterocycles. The lowest BCUT2D eigenvalue weighted by atomic mass is 9.60. The van der Waals surface area contributed by atoms with Crippen LogP contribution in [0, 0.1) is 0 Å². The van der Waals surface area contributed by atoms with Crippen molar-refractivity contribution in [1.82, 2.24) is 0 Å². The molecule has 0 bridgehead atoms. The molecule has 1 fully saturated rings. The third kappa shape index (κ3) is 4.60. The summed E-state index contributed by atoms with van der Waals surface area (Å²) >= 11 is 18.5. The summed E-state index contributed by atoms with van der Waals surface area (Å²) < 4.78 is 18.8. The van der Waals surface area contributed by atoms with Gasteiger partial charge in [-0.15, -0.1) is 34.8 Å². The SMILES string of the molecule is ClCc1ccccc1B1OB(c2ccccc2CCl)OB(c2ccccc2CCl)O1. The third-order valence-corrected chi connectivity index (χ3v) is 5.96. The fourth-order valence-corrected chi connectivity index (χ4v) is 4.26. The van der Waals surface area contributed by atoms with Gasteiger partial charge in [0.2, 0.25) is 0 Å². The van der Waals surface area contributed by atoms with E-state index in [1.54, 1.807) is 0 Å². The van der Waals surface area contributed by atoms with Crippen molar-refractivity contribution in [2.24, 2.45) is 0 Å². The average Bonchev–Trinajstić information content (AvgIpc) is 2.83. The zero-order chi connectivity index (χ0) is 20.9. The molecule has 3 nitrogen and oxygen atoms in total. The van der Waals surface area contributed by atoms with Crippen LogP contribution in [0.25, 0.3) is 0 Å². The highest BCUT2D eigenvalue weighted by Gasteiger charge is 2.45. The smallest absolute Gasteiger partial charge is 0.445 e. The zero-order valence-electron chi connectivity index (χ0n) is 16.1. The molecule has 0 amide bonds. The van der Waals surface area contributed by atoms with Gasteiger partial charge < -0.3 is 13.7 Å². The molecular weight excluding hydrogens is 439 g/mol. The predicted molar refractivity (Wildman–Crippen MR) is 127 cm³/mol. The molecule has 1 aliphatic rings. The molecular formula is C21H18B3Cl3O3. The minimum Gasteiger partial charge on any atom is -0.445 e. The van der Waals surface area contributed by atoms with E-state index in [1.807, 2.05) is 72.8 Å². The first-order chi connectivity index (χ1) is 14.7. The van der Waals surface area contributed by atoms with Crippen LogP contribution in [0.3, 0.4) is 0 Å². The molecule has 0 spiro atoms. The van der Waals surface area contributed by atoms with Crippen LogP contribution in [0.1, 0.15) is 16.7 Å². The van der Waals surface area contributed by atoms with E-state index in [-0.39, 0.29) is 0 Å². The Hall–Kier alpha value is -1.40. The van der Waals surface area contributed by atoms with Gasteiger partial charge in [-0.25, -0.2) is 0 Å². The lowest BCUT2D eigenvalue weighted by Crippen LogP contribution is -2.62. The number of hydrogen-bond donors (Lipinski definition) is 0. The second kappa shape index (κ2) is 10.3. The van der Waals surface area contributed by atoms with E-state index in [2.05, 4.69) is 0 Å². The Kier molecular flexibility index (Phi) is 7.48. The summed E-state index contributed by atoms with van der Waals surface area (Å²) in [4.78, 5) is 0. The second-order valence-corrected chi connectivity index (χ2v) is 7.70. The molecule has 0 N–H and O–H groups in total. The summed E-state index contributed by atoms with van der Waals surface area (Å²) in [6.07, 6.45) is 0. The lowest BCUT2D eigenvalue weighted by molar-refractivity contribution is 0.308. The van der Waals surface area contributed by atoms with Crippen molar-refractivity contribution in [2.75, 3.05) is 0 Å². The number of alkyl halides is 3. The van der Waals surface area contributed by atoms with Crippen LogP contribution in [0.2, 0.25) is 0 Å². The standard InChI is InChI=1S/C21H18B3Cl3O3/c25-13-16-7-1-4-10-19(16)22-28-23(20-11-5-2-8-17(20)14-26)30-24(29-22)21-12-6-3-9-18(21)15-27/h1-12H,13-15H2. The Bertz CT molecular complexity index is 875. The minimum atomic E-state index is -0.657. The number of hydrogen-bond acceptors (Lipinski definition) is 3. The van der Waals surface area contributed by atoms with Crippen molar-refractivity contribution < 1.29 is 13.7 Å². The van der Waals surface area contributed by atoms with Crippen LogP contribution in [0.15, 0.2) is 72.8 Å².